The van der Waals surface area contributed by atoms with Crippen LogP contribution in [-0.4, -0.2) is 36.3 Å². The van der Waals surface area contributed by atoms with Gasteiger partial charge in [-0.3, -0.25) is 9.59 Å². The molecule has 0 atom stereocenters. The molecule has 0 saturated carbocycles. The first-order valence-electron chi connectivity index (χ1n) is 6.14. The van der Waals surface area contributed by atoms with Crippen LogP contribution in [0.25, 0.3) is 6.08 Å². The Kier molecular flexibility index (Phi) is 4.58. The number of rotatable bonds is 2. The predicted molar refractivity (Wildman–Crippen MR) is 74.7 cm³/mol. The maximum Gasteiger partial charge on any atom is 0.246 e. The van der Waals surface area contributed by atoms with Crippen molar-refractivity contribution in [3.8, 4) is 0 Å². The van der Waals surface area contributed by atoms with Gasteiger partial charge in [0.25, 0.3) is 0 Å². The number of halogens is 1. The van der Waals surface area contributed by atoms with Crippen LogP contribution in [-0.2, 0) is 9.59 Å². The van der Waals surface area contributed by atoms with Crippen LogP contribution in [0.4, 0.5) is 0 Å². The van der Waals surface area contributed by atoms with Gasteiger partial charge in [0.15, 0.2) is 0 Å². The van der Waals surface area contributed by atoms with Crippen molar-refractivity contribution in [3.63, 3.8) is 0 Å². The minimum absolute atomic E-state index is 0.00280. The van der Waals surface area contributed by atoms with Crippen LogP contribution in [0.5, 0.6) is 0 Å². The SMILES string of the molecule is O=C1CCN(C(=O)/C=C/c2ccc(Cl)cc2)CCN1. The Hall–Kier alpha value is -1.81. The molecule has 4 nitrogen and oxygen atoms in total. The summed E-state index contributed by atoms with van der Waals surface area (Å²) >= 11 is 5.79. The number of carbonyl (C=O) groups excluding carboxylic acids is 2. The number of benzene rings is 1. The lowest BCUT2D eigenvalue weighted by Crippen LogP contribution is -2.32. The fraction of sp³-hybridized carbons (Fsp3) is 0.286. The summed E-state index contributed by atoms with van der Waals surface area (Å²) in [6, 6.07) is 7.25. The van der Waals surface area contributed by atoms with Crippen LogP contribution in [0.3, 0.4) is 0 Å². The molecule has 1 aromatic carbocycles. The molecule has 1 N–H and O–H groups in total. The van der Waals surface area contributed by atoms with Crippen molar-refractivity contribution in [1.82, 2.24) is 10.2 Å². The van der Waals surface area contributed by atoms with Gasteiger partial charge < -0.3 is 10.2 Å². The Labute approximate surface area is 117 Å². The standard InChI is InChI=1S/C14H15ClN2O2/c15-12-4-1-11(2-5-12)3-6-14(19)17-9-7-13(18)16-8-10-17/h1-6H,7-10H2,(H,16,18)/b6-3+. The van der Waals surface area contributed by atoms with Crippen molar-refractivity contribution in [2.75, 3.05) is 19.6 Å². The number of hydrogen-bond donors (Lipinski definition) is 1. The summed E-state index contributed by atoms with van der Waals surface area (Å²) in [6.45, 7) is 1.53. The van der Waals surface area contributed by atoms with E-state index in [9.17, 15) is 9.59 Å². The Morgan fingerprint density at radius 3 is 2.74 bits per heavy atom. The molecule has 0 unspecified atom stereocenters. The van der Waals surface area contributed by atoms with Crippen molar-refractivity contribution in [1.29, 1.82) is 0 Å². The smallest absolute Gasteiger partial charge is 0.246 e. The second-order valence-electron chi connectivity index (χ2n) is 4.31. The third-order valence-corrected chi connectivity index (χ3v) is 3.16. The first-order chi connectivity index (χ1) is 9.15. The third-order valence-electron chi connectivity index (χ3n) is 2.91. The predicted octanol–water partition coefficient (Wildman–Crippen LogP) is 1.70. The van der Waals surface area contributed by atoms with E-state index in [4.69, 9.17) is 11.6 Å². The zero-order valence-electron chi connectivity index (χ0n) is 10.4. The van der Waals surface area contributed by atoms with Gasteiger partial charge in [0.2, 0.25) is 11.8 Å². The zero-order valence-corrected chi connectivity index (χ0v) is 11.2. The van der Waals surface area contributed by atoms with E-state index in [1.165, 1.54) is 6.08 Å². The lowest BCUT2D eigenvalue weighted by Gasteiger charge is -2.17. The number of amides is 2. The highest BCUT2D eigenvalue weighted by molar-refractivity contribution is 6.30. The highest BCUT2D eigenvalue weighted by atomic mass is 35.5. The normalized spacial score (nSPS) is 16.3. The molecule has 2 amide bonds. The molecule has 1 fully saturated rings. The van der Waals surface area contributed by atoms with Crippen LogP contribution in [0.2, 0.25) is 5.02 Å². The number of nitrogens with zero attached hydrogens (tertiary/aromatic N) is 1. The Balaban J connectivity index is 1.96. The second-order valence-corrected chi connectivity index (χ2v) is 4.75. The molecule has 0 radical (unpaired) electrons. The molecule has 1 aliphatic rings. The van der Waals surface area contributed by atoms with Crippen LogP contribution in [0.15, 0.2) is 30.3 Å². The van der Waals surface area contributed by atoms with E-state index in [1.807, 2.05) is 12.1 Å². The fourth-order valence-electron chi connectivity index (χ4n) is 1.83. The Morgan fingerprint density at radius 1 is 1.26 bits per heavy atom. The molecular formula is C14H15ClN2O2. The van der Waals surface area contributed by atoms with E-state index in [2.05, 4.69) is 5.32 Å². The zero-order chi connectivity index (χ0) is 13.7. The Morgan fingerprint density at radius 2 is 2.00 bits per heavy atom. The van der Waals surface area contributed by atoms with Crippen molar-refractivity contribution in [3.05, 3.63) is 40.9 Å². The summed E-state index contributed by atoms with van der Waals surface area (Å²) in [4.78, 5) is 24.8. The van der Waals surface area contributed by atoms with E-state index < -0.39 is 0 Å². The molecule has 1 saturated heterocycles. The van der Waals surface area contributed by atoms with Crippen LogP contribution < -0.4 is 5.32 Å². The molecule has 0 spiro atoms. The van der Waals surface area contributed by atoms with Crippen LogP contribution >= 0.6 is 11.6 Å². The van der Waals surface area contributed by atoms with Gasteiger partial charge >= 0.3 is 0 Å². The van der Waals surface area contributed by atoms with Gasteiger partial charge in [-0.05, 0) is 23.8 Å². The maximum atomic E-state index is 12.0. The lowest BCUT2D eigenvalue weighted by molar-refractivity contribution is -0.125. The number of carbonyl (C=O) groups is 2. The fourth-order valence-corrected chi connectivity index (χ4v) is 1.96. The van der Waals surface area contributed by atoms with Gasteiger partial charge in [0, 0.05) is 37.2 Å². The monoisotopic (exact) mass is 278 g/mol. The van der Waals surface area contributed by atoms with E-state index in [0.29, 0.717) is 31.1 Å². The third kappa shape index (κ3) is 4.10. The van der Waals surface area contributed by atoms with E-state index in [-0.39, 0.29) is 11.8 Å². The van der Waals surface area contributed by atoms with E-state index in [0.717, 1.165) is 5.56 Å². The minimum atomic E-state index is -0.0774. The molecule has 19 heavy (non-hydrogen) atoms. The molecule has 2 rings (SSSR count). The highest BCUT2D eigenvalue weighted by Crippen LogP contribution is 2.11. The van der Waals surface area contributed by atoms with Crippen molar-refractivity contribution < 1.29 is 9.59 Å². The van der Waals surface area contributed by atoms with Crippen molar-refractivity contribution in [2.24, 2.45) is 0 Å². The van der Waals surface area contributed by atoms with Gasteiger partial charge in [-0.25, -0.2) is 0 Å². The molecule has 1 aromatic rings. The summed E-state index contributed by atoms with van der Waals surface area (Å²) in [5.74, 6) is -0.0802. The minimum Gasteiger partial charge on any atom is -0.354 e. The first kappa shape index (κ1) is 13.6. The first-order valence-corrected chi connectivity index (χ1v) is 6.52. The summed E-state index contributed by atoms with van der Waals surface area (Å²) in [5.41, 5.74) is 0.918. The van der Waals surface area contributed by atoms with Crippen LogP contribution in [0.1, 0.15) is 12.0 Å². The summed E-state index contributed by atoms with van der Waals surface area (Å²) in [6.07, 6.45) is 3.64. The average molecular weight is 279 g/mol. The average Bonchev–Trinajstić information content (AvgIpc) is 2.63. The van der Waals surface area contributed by atoms with Gasteiger partial charge in [-0.15, -0.1) is 0 Å². The number of hydrogen-bond acceptors (Lipinski definition) is 2. The van der Waals surface area contributed by atoms with Gasteiger partial charge in [-0.2, -0.15) is 0 Å². The maximum absolute atomic E-state index is 12.0. The topological polar surface area (TPSA) is 49.4 Å². The van der Waals surface area contributed by atoms with Crippen molar-refractivity contribution >= 4 is 29.5 Å². The van der Waals surface area contributed by atoms with Crippen molar-refractivity contribution in [2.45, 2.75) is 6.42 Å². The Bertz CT molecular complexity index is 497. The summed E-state index contributed by atoms with van der Waals surface area (Å²) in [7, 11) is 0. The van der Waals surface area contributed by atoms with Gasteiger partial charge in [0.05, 0.1) is 0 Å². The molecule has 1 heterocycles. The van der Waals surface area contributed by atoms with Gasteiger partial charge in [-0.1, -0.05) is 23.7 Å². The molecule has 0 bridgehead atoms. The van der Waals surface area contributed by atoms with E-state index >= 15 is 0 Å². The quantitative estimate of drug-likeness (QED) is 0.837. The van der Waals surface area contributed by atoms with E-state index in [1.54, 1.807) is 23.1 Å². The molecular weight excluding hydrogens is 264 g/mol. The summed E-state index contributed by atoms with van der Waals surface area (Å²) in [5, 5.41) is 3.41. The molecule has 0 aromatic heterocycles. The lowest BCUT2D eigenvalue weighted by atomic mass is 10.2. The summed E-state index contributed by atoms with van der Waals surface area (Å²) < 4.78 is 0. The largest absolute Gasteiger partial charge is 0.354 e. The number of nitrogens with one attached hydrogen (secondary N) is 1. The molecule has 1 aliphatic heterocycles. The second kappa shape index (κ2) is 6.38. The van der Waals surface area contributed by atoms with Crippen LogP contribution in [0, 0.1) is 0 Å². The highest BCUT2D eigenvalue weighted by Gasteiger charge is 2.16. The molecule has 100 valence electrons. The van der Waals surface area contributed by atoms with Gasteiger partial charge in [0.1, 0.15) is 0 Å². The molecule has 5 heteroatoms. The molecule has 0 aliphatic carbocycles.